The van der Waals surface area contributed by atoms with Gasteiger partial charge in [-0.25, -0.2) is 14.4 Å². The number of hydrogen-bond donors (Lipinski definition) is 2. The van der Waals surface area contributed by atoms with Crippen LogP contribution in [0.5, 0.6) is 11.6 Å². The molecule has 188 valence electrons. The van der Waals surface area contributed by atoms with Crippen LogP contribution in [0, 0.1) is 5.82 Å². The number of benzene rings is 3. The lowest BCUT2D eigenvalue weighted by Gasteiger charge is -2.12. The van der Waals surface area contributed by atoms with Gasteiger partial charge in [0.1, 0.15) is 29.6 Å². The molecule has 7 nitrogen and oxygen atoms in total. The first-order valence-corrected chi connectivity index (χ1v) is 11.4. The van der Waals surface area contributed by atoms with E-state index in [2.05, 4.69) is 9.97 Å². The van der Waals surface area contributed by atoms with Gasteiger partial charge >= 0.3 is 5.97 Å². The first-order valence-electron chi connectivity index (χ1n) is 11.4. The summed E-state index contributed by atoms with van der Waals surface area (Å²) in [6.07, 6.45) is 3.57. The van der Waals surface area contributed by atoms with Crippen LogP contribution in [0.1, 0.15) is 11.1 Å². The van der Waals surface area contributed by atoms with Gasteiger partial charge in [-0.05, 0) is 59.0 Å². The van der Waals surface area contributed by atoms with E-state index >= 15 is 0 Å². The lowest BCUT2D eigenvalue weighted by Crippen LogP contribution is -2.32. The van der Waals surface area contributed by atoms with Crippen molar-refractivity contribution >= 4 is 29.4 Å². The fourth-order valence-electron chi connectivity index (χ4n) is 4.09. The van der Waals surface area contributed by atoms with Crippen molar-refractivity contribution in [2.45, 2.75) is 19.0 Å². The van der Waals surface area contributed by atoms with Crippen LogP contribution in [0.2, 0.25) is 0 Å². The summed E-state index contributed by atoms with van der Waals surface area (Å²) in [6.45, 7) is 0.489. The predicted molar refractivity (Wildman–Crippen MR) is 142 cm³/mol. The standard InChI is InChI=1S/C28H23FN4O3.ClH/c29-21-9-8-20(24(15-21)19-4-2-1-3-5-19)16-33-13-12-23-26(33)31-17-32-27(23)36-22-10-6-18(7-11-22)14-25(30)28(34)35;/h1-13,15,17,25H,14,16,30H2,(H,34,35);1H. The van der Waals surface area contributed by atoms with E-state index < -0.39 is 12.0 Å². The number of rotatable bonds is 8. The number of hydrogen-bond acceptors (Lipinski definition) is 5. The summed E-state index contributed by atoms with van der Waals surface area (Å²) in [4.78, 5) is 19.7. The number of nitrogens with zero attached hydrogens (tertiary/aromatic N) is 3. The highest BCUT2D eigenvalue weighted by Gasteiger charge is 2.15. The van der Waals surface area contributed by atoms with Crippen molar-refractivity contribution in [3.63, 3.8) is 0 Å². The molecule has 5 aromatic rings. The molecule has 0 saturated carbocycles. The minimum absolute atomic E-state index is 0. The van der Waals surface area contributed by atoms with Crippen LogP contribution in [0.4, 0.5) is 4.39 Å². The van der Waals surface area contributed by atoms with E-state index in [1.165, 1.54) is 12.4 Å². The van der Waals surface area contributed by atoms with Crippen LogP contribution in [0.3, 0.4) is 0 Å². The van der Waals surface area contributed by atoms with Crippen molar-refractivity contribution in [2.75, 3.05) is 0 Å². The summed E-state index contributed by atoms with van der Waals surface area (Å²) in [7, 11) is 0. The molecule has 37 heavy (non-hydrogen) atoms. The fourth-order valence-corrected chi connectivity index (χ4v) is 4.09. The van der Waals surface area contributed by atoms with Gasteiger partial charge in [-0.2, -0.15) is 0 Å². The molecule has 0 fully saturated rings. The number of fused-ring (bicyclic) bond motifs is 1. The van der Waals surface area contributed by atoms with Crippen LogP contribution < -0.4 is 10.5 Å². The molecule has 0 spiro atoms. The molecule has 1 atom stereocenters. The number of carboxylic acid groups (broad SMARTS) is 1. The molecule has 3 N–H and O–H groups in total. The normalized spacial score (nSPS) is 11.6. The molecule has 3 aromatic carbocycles. The zero-order valence-corrected chi connectivity index (χ0v) is 20.4. The summed E-state index contributed by atoms with van der Waals surface area (Å²) in [5.74, 6) is -0.375. The number of halogens is 2. The summed E-state index contributed by atoms with van der Waals surface area (Å²) in [5, 5.41) is 9.73. The molecule has 2 aromatic heterocycles. The summed E-state index contributed by atoms with van der Waals surface area (Å²) < 4.78 is 22.1. The van der Waals surface area contributed by atoms with E-state index in [0.29, 0.717) is 23.8 Å². The second-order valence-electron chi connectivity index (χ2n) is 8.42. The lowest BCUT2D eigenvalue weighted by atomic mass is 9.99. The van der Waals surface area contributed by atoms with Crippen LogP contribution in [-0.2, 0) is 17.8 Å². The molecule has 9 heteroatoms. The van der Waals surface area contributed by atoms with E-state index in [0.717, 1.165) is 27.6 Å². The molecular formula is C28H24ClFN4O3. The maximum Gasteiger partial charge on any atom is 0.320 e. The minimum Gasteiger partial charge on any atom is -0.480 e. The maximum atomic E-state index is 14.1. The summed E-state index contributed by atoms with van der Waals surface area (Å²) in [5.41, 5.74) is 9.81. The third-order valence-corrected chi connectivity index (χ3v) is 5.93. The van der Waals surface area contributed by atoms with Crippen LogP contribution in [0.25, 0.3) is 22.2 Å². The Hall–Kier alpha value is -4.27. The highest BCUT2D eigenvalue weighted by atomic mass is 35.5. The van der Waals surface area contributed by atoms with Gasteiger partial charge in [0, 0.05) is 12.7 Å². The number of aromatic nitrogens is 3. The molecule has 0 aliphatic heterocycles. The van der Waals surface area contributed by atoms with E-state index in [1.54, 1.807) is 36.4 Å². The van der Waals surface area contributed by atoms with Crippen molar-refractivity contribution in [3.05, 3.63) is 108 Å². The molecule has 1 unspecified atom stereocenters. The molecular weight excluding hydrogens is 495 g/mol. The van der Waals surface area contributed by atoms with Crippen molar-refractivity contribution in [3.8, 4) is 22.8 Å². The average molecular weight is 519 g/mol. The second-order valence-corrected chi connectivity index (χ2v) is 8.42. The monoisotopic (exact) mass is 518 g/mol. The van der Waals surface area contributed by atoms with Gasteiger partial charge in [0.15, 0.2) is 0 Å². The zero-order valence-electron chi connectivity index (χ0n) is 19.6. The fraction of sp³-hybridized carbons (Fsp3) is 0.107. The SMILES string of the molecule is Cl.NC(Cc1ccc(Oc2ncnc3c2ccn3Cc2ccc(F)cc2-c2ccccc2)cc1)C(=O)O. The third-order valence-electron chi connectivity index (χ3n) is 5.93. The number of nitrogens with two attached hydrogens (primary N) is 1. The number of ether oxygens (including phenoxy) is 1. The van der Waals surface area contributed by atoms with E-state index in [4.69, 9.17) is 15.6 Å². The molecule has 2 heterocycles. The smallest absolute Gasteiger partial charge is 0.320 e. The van der Waals surface area contributed by atoms with Gasteiger partial charge in [0.05, 0.1) is 5.39 Å². The molecule has 0 radical (unpaired) electrons. The van der Waals surface area contributed by atoms with Gasteiger partial charge in [-0.3, -0.25) is 4.79 Å². The van der Waals surface area contributed by atoms with Gasteiger partial charge < -0.3 is 20.1 Å². The summed E-state index contributed by atoms with van der Waals surface area (Å²) in [6, 6.07) is 22.5. The van der Waals surface area contributed by atoms with Crippen molar-refractivity contribution in [2.24, 2.45) is 5.73 Å². The van der Waals surface area contributed by atoms with E-state index in [1.807, 2.05) is 47.2 Å². The third kappa shape index (κ3) is 5.77. The first kappa shape index (κ1) is 25.8. The van der Waals surface area contributed by atoms with Gasteiger partial charge in [0.25, 0.3) is 0 Å². The Balaban J connectivity index is 0.00000320. The van der Waals surface area contributed by atoms with Gasteiger partial charge in [-0.1, -0.05) is 48.5 Å². The number of carbonyl (C=O) groups is 1. The van der Waals surface area contributed by atoms with Gasteiger partial charge in [-0.15, -0.1) is 12.4 Å². The lowest BCUT2D eigenvalue weighted by molar-refractivity contribution is -0.138. The van der Waals surface area contributed by atoms with Crippen molar-refractivity contribution in [1.82, 2.24) is 14.5 Å². The Bertz CT molecular complexity index is 1520. The number of carboxylic acids is 1. The Morgan fingerprint density at radius 1 is 1.03 bits per heavy atom. The Labute approximate surface area is 218 Å². The Morgan fingerprint density at radius 2 is 1.78 bits per heavy atom. The predicted octanol–water partition coefficient (Wildman–Crippen LogP) is 5.45. The molecule has 0 aliphatic rings. The summed E-state index contributed by atoms with van der Waals surface area (Å²) >= 11 is 0. The van der Waals surface area contributed by atoms with E-state index in [9.17, 15) is 9.18 Å². The molecule has 0 saturated heterocycles. The molecule has 0 amide bonds. The number of aliphatic carboxylic acids is 1. The average Bonchev–Trinajstić information content (AvgIpc) is 3.30. The van der Waals surface area contributed by atoms with E-state index in [-0.39, 0.29) is 24.6 Å². The Kier molecular flexibility index (Phi) is 7.81. The highest BCUT2D eigenvalue weighted by molar-refractivity contribution is 5.85. The van der Waals surface area contributed by atoms with Crippen LogP contribution >= 0.6 is 12.4 Å². The van der Waals surface area contributed by atoms with Crippen molar-refractivity contribution in [1.29, 1.82) is 0 Å². The van der Waals surface area contributed by atoms with Gasteiger partial charge in [0.2, 0.25) is 5.88 Å². The first-order chi connectivity index (χ1) is 17.5. The van der Waals surface area contributed by atoms with Crippen LogP contribution in [0.15, 0.2) is 91.4 Å². The molecule has 0 bridgehead atoms. The quantitative estimate of drug-likeness (QED) is 0.283. The maximum absolute atomic E-state index is 14.1. The Morgan fingerprint density at radius 3 is 2.51 bits per heavy atom. The highest BCUT2D eigenvalue weighted by Crippen LogP contribution is 2.30. The molecule has 0 aliphatic carbocycles. The molecule has 5 rings (SSSR count). The van der Waals surface area contributed by atoms with Crippen LogP contribution in [-0.4, -0.2) is 31.7 Å². The largest absolute Gasteiger partial charge is 0.480 e. The van der Waals surface area contributed by atoms with Crippen molar-refractivity contribution < 1.29 is 19.0 Å². The minimum atomic E-state index is -1.04. The zero-order chi connectivity index (χ0) is 25.1. The second kappa shape index (κ2) is 11.2. The topological polar surface area (TPSA) is 103 Å².